The highest BCUT2D eigenvalue weighted by atomic mass is 35.5. The molecule has 0 aromatic carbocycles. The first-order chi connectivity index (χ1) is 8.58. The third-order valence-corrected chi connectivity index (χ3v) is 3.06. The molecule has 0 spiro atoms. The highest BCUT2D eigenvalue weighted by Gasteiger charge is 2.22. The first kappa shape index (κ1) is 13.2. The molecule has 1 aromatic heterocycles. The van der Waals surface area contributed by atoms with Gasteiger partial charge in [-0.05, 0) is 24.1 Å². The van der Waals surface area contributed by atoms with E-state index >= 15 is 0 Å². The number of carbonyl (C=O) groups excluding carboxylic acids is 1. The second-order valence-electron chi connectivity index (χ2n) is 4.30. The van der Waals surface area contributed by atoms with Crippen molar-refractivity contribution in [3.05, 3.63) is 28.5 Å². The standard InChI is InChI=1S/C12H14ClFN2O2/c1-18-12(17)10-4-8(5-11(13)15-10)6-16-3-2-9(14)7-16/h4-5,9H,2-3,6-7H2,1H3/t9-/m0/s1. The maximum absolute atomic E-state index is 13.1. The summed E-state index contributed by atoms with van der Waals surface area (Å²) in [5, 5.41) is 0.240. The van der Waals surface area contributed by atoms with E-state index in [1.807, 2.05) is 4.90 Å². The van der Waals surface area contributed by atoms with Crippen molar-refractivity contribution in [1.82, 2.24) is 9.88 Å². The number of aromatic nitrogens is 1. The molecule has 6 heteroatoms. The number of esters is 1. The number of hydrogen-bond acceptors (Lipinski definition) is 4. The molecule has 0 radical (unpaired) electrons. The molecule has 4 nitrogen and oxygen atoms in total. The van der Waals surface area contributed by atoms with Crippen molar-refractivity contribution in [1.29, 1.82) is 0 Å². The Morgan fingerprint density at radius 3 is 3.06 bits per heavy atom. The minimum Gasteiger partial charge on any atom is -0.464 e. The van der Waals surface area contributed by atoms with Crippen LogP contribution in [0.4, 0.5) is 4.39 Å². The molecule has 1 aliphatic rings. The quantitative estimate of drug-likeness (QED) is 0.624. The monoisotopic (exact) mass is 272 g/mol. The maximum Gasteiger partial charge on any atom is 0.356 e. The fraction of sp³-hybridized carbons (Fsp3) is 0.500. The Bertz CT molecular complexity index is 456. The van der Waals surface area contributed by atoms with Gasteiger partial charge < -0.3 is 4.74 Å². The van der Waals surface area contributed by atoms with Crippen molar-refractivity contribution in [2.24, 2.45) is 0 Å². The zero-order valence-corrected chi connectivity index (χ0v) is 10.8. The van der Waals surface area contributed by atoms with Gasteiger partial charge in [0.05, 0.1) is 7.11 Å². The summed E-state index contributed by atoms with van der Waals surface area (Å²) in [6.45, 7) is 1.70. The molecule has 0 saturated carbocycles. The van der Waals surface area contributed by atoms with E-state index in [4.69, 9.17) is 11.6 Å². The zero-order valence-electron chi connectivity index (χ0n) is 10.0. The van der Waals surface area contributed by atoms with Gasteiger partial charge in [0.25, 0.3) is 0 Å². The number of alkyl halides is 1. The number of methoxy groups -OCH3 is 1. The third-order valence-electron chi connectivity index (χ3n) is 2.87. The van der Waals surface area contributed by atoms with Crippen LogP contribution in [0.2, 0.25) is 5.15 Å². The van der Waals surface area contributed by atoms with E-state index in [-0.39, 0.29) is 10.8 Å². The highest BCUT2D eigenvalue weighted by molar-refractivity contribution is 6.29. The Balaban J connectivity index is 2.12. The minimum absolute atomic E-state index is 0.177. The second kappa shape index (κ2) is 5.63. The first-order valence-corrected chi connectivity index (χ1v) is 6.07. The third kappa shape index (κ3) is 3.17. The van der Waals surface area contributed by atoms with Gasteiger partial charge >= 0.3 is 5.97 Å². The van der Waals surface area contributed by atoms with Crippen molar-refractivity contribution in [2.75, 3.05) is 20.2 Å². The predicted molar refractivity (Wildman–Crippen MR) is 65.4 cm³/mol. The lowest BCUT2D eigenvalue weighted by Crippen LogP contribution is -2.20. The summed E-state index contributed by atoms with van der Waals surface area (Å²) in [6.07, 6.45) is -0.203. The summed E-state index contributed by atoms with van der Waals surface area (Å²) in [6, 6.07) is 3.31. The lowest BCUT2D eigenvalue weighted by Gasteiger charge is -2.15. The molecule has 0 bridgehead atoms. The molecule has 0 amide bonds. The molecular formula is C12H14ClFN2O2. The maximum atomic E-state index is 13.1. The number of nitrogens with zero attached hydrogens (tertiary/aromatic N) is 2. The van der Waals surface area contributed by atoms with Gasteiger partial charge in [-0.2, -0.15) is 0 Å². The first-order valence-electron chi connectivity index (χ1n) is 5.69. The molecule has 18 heavy (non-hydrogen) atoms. The lowest BCUT2D eigenvalue weighted by molar-refractivity contribution is 0.0594. The average molecular weight is 273 g/mol. The van der Waals surface area contributed by atoms with E-state index in [0.717, 1.165) is 5.56 Å². The van der Waals surface area contributed by atoms with E-state index in [9.17, 15) is 9.18 Å². The highest BCUT2D eigenvalue weighted by Crippen LogP contribution is 2.18. The molecule has 1 aliphatic heterocycles. The van der Waals surface area contributed by atoms with Gasteiger partial charge in [-0.1, -0.05) is 11.6 Å². The van der Waals surface area contributed by atoms with Crippen LogP contribution in [0.1, 0.15) is 22.5 Å². The van der Waals surface area contributed by atoms with Gasteiger partial charge in [0.15, 0.2) is 0 Å². The van der Waals surface area contributed by atoms with Gasteiger partial charge in [0.2, 0.25) is 0 Å². The Hall–Kier alpha value is -1.20. The van der Waals surface area contributed by atoms with Crippen LogP contribution in [0.5, 0.6) is 0 Å². The predicted octanol–water partition coefficient (Wildman–Crippen LogP) is 2.07. The summed E-state index contributed by atoms with van der Waals surface area (Å²) >= 11 is 5.85. The van der Waals surface area contributed by atoms with Gasteiger partial charge in [0, 0.05) is 19.6 Å². The van der Waals surface area contributed by atoms with Crippen LogP contribution in [0, 0.1) is 0 Å². The number of likely N-dealkylation sites (tertiary alicyclic amines) is 1. The molecular weight excluding hydrogens is 259 g/mol. The van der Waals surface area contributed by atoms with Crippen LogP contribution >= 0.6 is 11.6 Å². The van der Waals surface area contributed by atoms with Gasteiger partial charge in [-0.15, -0.1) is 0 Å². The SMILES string of the molecule is COC(=O)c1cc(CN2CC[C@H](F)C2)cc(Cl)n1. The lowest BCUT2D eigenvalue weighted by atomic mass is 10.2. The molecule has 1 fully saturated rings. The van der Waals surface area contributed by atoms with Gasteiger partial charge in [-0.3, -0.25) is 4.90 Å². The molecule has 2 rings (SSSR count). The molecule has 1 saturated heterocycles. The molecule has 0 aliphatic carbocycles. The van der Waals surface area contributed by atoms with Crippen LogP contribution in [-0.2, 0) is 11.3 Å². The zero-order chi connectivity index (χ0) is 13.1. The van der Waals surface area contributed by atoms with Gasteiger partial charge in [-0.25, -0.2) is 14.2 Å². The number of rotatable bonds is 3. The number of halogens is 2. The smallest absolute Gasteiger partial charge is 0.356 e. The molecule has 0 N–H and O–H groups in total. The van der Waals surface area contributed by atoms with Crippen molar-refractivity contribution >= 4 is 17.6 Å². The Kier molecular flexibility index (Phi) is 4.14. The molecule has 1 atom stereocenters. The van der Waals surface area contributed by atoms with Crippen LogP contribution in [0.25, 0.3) is 0 Å². The summed E-state index contributed by atoms with van der Waals surface area (Å²) in [5.41, 5.74) is 1.01. The molecule has 98 valence electrons. The van der Waals surface area contributed by atoms with Gasteiger partial charge in [0.1, 0.15) is 17.0 Å². The summed E-state index contributed by atoms with van der Waals surface area (Å²) in [7, 11) is 1.29. The number of pyridine rings is 1. The normalized spacial score (nSPS) is 20.1. The fourth-order valence-electron chi connectivity index (χ4n) is 2.04. The topological polar surface area (TPSA) is 42.4 Å². The summed E-state index contributed by atoms with van der Waals surface area (Å²) in [4.78, 5) is 17.3. The number of hydrogen-bond donors (Lipinski definition) is 0. The van der Waals surface area contributed by atoms with E-state index in [1.54, 1.807) is 12.1 Å². The number of ether oxygens (including phenoxy) is 1. The van der Waals surface area contributed by atoms with Crippen LogP contribution < -0.4 is 0 Å². The Morgan fingerprint density at radius 2 is 2.44 bits per heavy atom. The van der Waals surface area contributed by atoms with E-state index in [2.05, 4.69) is 9.72 Å². The molecule has 0 unspecified atom stereocenters. The van der Waals surface area contributed by atoms with Crippen molar-refractivity contribution in [3.8, 4) is 0 Å². The number of carbonyl (C=O) groups is 1. The van der Waals surface area contributed by atoms with Crippen LogP contribution in [-0.4, -0.2) is 42.2 Å². The average Bonchev–Trinajstić information content (AvgIpc) is 2.73. The summed E-state index contributed by atoms with van der Waals surface area (Å²) in [5.74, 6) is -0.525. The Morgan fingerprint density at radius 1 is 1.67 bits per heavy atom. The molecule has 2 heterocycles. The van der Waals surface area contributed by atoms with Crippen molar-refractivity contribution in [2.45, 2.75) is 19.1 Å². The minimum atomic E-state index is -0.762. The molecule has 1 aromatic rings. The summed E-state index contributed by atoms with van der Waals surface area (Å²) < 4.78 is 17.7. The van der Waals surface area contributed by atoms with E-state index in [0.29, 0.717) is 26.1 Å². The van der Waals surface area contributed by atoms with Crippen molar-refractivity contribution in [3.63, 3.8) is 0 Å². The van der Waals surface area contributed by atoms with Crippen molar-refractivity contribution < 1.29 is 13.9 Å². The van der Waals surface area contributed by atoms with Crippen LogP contribution in [0.3, 0.4) is 0 Å². The Labute approximate surface area is 110 Å². The van der Waals surface area contributed by atoms with E-state index in [1.165, 1.54) is 7.11 Å². The second-order valence-corrected chi connectivity index (χ2v) is 4.68. The van der Waals surface area contributed by atoms with Crippen LogP contribution in [0.15, 0.2) is 12.1 Å². The fourth-order valence-corrected chi connectivity index (χ4v) is 2.27. The largest absolute Gasteiger partial charge is 0.464 e. The van der Waals surface area contributed by atoms with E-state index < -0.39 is 12.1 Å².